The Morgan fingerprint density at radius 1 is 1.31 bits per heavy atom. The molecule has 0 aliphatic carbocycles. The molecule has 1 aliphatic heterocycles. The zero-order chi connectivity index (χ0) is 19.4. The van der Waals surface area contributed by atoms with Gasteiger partial charge < -0.3 is 19.5 Å². The molecule has 0 bridgehead atoms. The molecule has 1 heterocycles. The maximum absolute atomic E-state index is 12.9. The number of ether oxygens (including phenoxy) is 2. The van der Waals surface area contributed by atoms with E-state index in [0.29, 0.717) is 24.6 Å². The summed E-state index contributed by atoms with van der Waals surface area (Å²) in [6, 6.07) is 5.66. The summed E-state index contributed by atoms with van der Waals surface area (Å²) in [6.07, 6.45) is -0.381. The zero-order valence-electron chi connectivity index (χ0n) is 16.2. The van der Waals surface area contributed by atoms with Crippen molar-refractivity contribution in [2.45, 2.75) is 64.7 Å². The molecular weight excluding hydrogens is 334 g/mol. The number of benzene rings is 1. The lowest BCUT2D eigenvalue weighted by Gasteiger charge is -2.27. The number of likely N-dealkylation sites (tertiary alicyclic amines) is 1. The summed E-state index contributed by atoms with van der Waals surface area (Å²) < 4.78 is 11.3. The largest absolute Gasteiger partial charge is 0.481 e. The summed E-state index contributed by atoms with van der Waals surface area (Å²) in [5.74, 6) is -0.0666. The van der Waals surface area contributed by atoms with Crippen molar-refractivity contribution in [1.29, 1.82) is 0 Å². The standard InChI is InChI=1S/C20H29NO5/c1-12(2)15-7-6-13(3)18(8-15)26-14(4)20(24)21-11-17(25-5)9-16(21)10-19(22)23/h6-8,12,14,16-17H,9-11H2,1-5H3,(H,22,23). The second-order valence-corrected chi connectivity index (χ2v) is 7.28. The first-order chi connectivity index (χ1) is 12.2. The Labute approximate surface area is 155 Å². The first kappa shape index (κ1) is 20.2. The number of hydrogen-bond donors (Lipinski definition) is 1. The van der Waals surface area contributed by atoms with Gasteiger partial charge in [0, 0.05) is 19.7 Å². The average Bonchev–Trinajstić information content (AvgIpc) is 2.97. The second kappa shape index (κ2) is 8.54. The molecule has 26 heavy (non-hydrogen) atoms. The minimum absolute atomic E-state index is 0.0832. The van der Waals surface area contributed by atoms with E-state index in [-0.39, 0.29) is 24.5 Å². The molecule has 3 atom stereocenters. The lowest BCUT2D eigenvalue weighted by atomic mass is 10.0. The normalized spacial score (nSPS) is 21.1. The highest BCUT2D eigenvalue weighted by atomic mass is 16.5. The van der Waals surface area contributed by atoms with Gasteiger partial charge in [-0.05, 0) is 43.4 Å². The van der Waals surface area contributed by atoms with Gasteiger partial charge in [-0.2, -0.15) is 0 Å². The number of carbonyl (C=O) groups is 2. The Balaban J connectivity index is 2.13. The number of hydrogen-bond acceptors (Lipinski definition) is 4. The van der Waals surface area contributed by atoms with Crippen molar-refractivity contribution in [2.75, 3.05) is 13.7 Å². The molecule has 0 radical (unpaired) electrons. The van der Waals surface area contributed by atoms with E-state index in [4.69, 9.17) is 14.6 Å². The van der Waals surface area contributed by atoms with E-state index in [9.17, 15) is 9.59 Å². The fourth-order valence-corrected chi connectivity index (χ4v) is 3.29. The van der Waals surface area contributed by atoms with Crippen LogP contribution >= 0.6 is 0 Å². The summed E-state index contributed by atoms with van der Waals surface area (Å²) in [7, 11) is 1.58. The van der Waals surface area contributed by atoms with Crippen LogP contribution in [0.1, 0.15) is 50.7 Å². The molecule has 2 rings (SSSR count). The Hall–Kier alpha value is -2.08. The molecule has 6 nitrogen and oxygen atoms in total. The molecule has 1 aliphatic rings. The number of carboxylic acid groups (broad SMARTS) is 1. The number of carboxylic acids is 1. The summed E-state index contributed by atoms with van der Waals surface area (Å²) in [6.45, 7) is 8.26. The van der Waals surface area contributed by atoms with Gasteiger partial charge in [0.1, 0.15) is 5.75 Å². The van der Waals surface area contributed by atoms with E-state index < -0.39 is 12.1 Å². The second-order valence-electron chi connectivity index (χ2n) is 7.28. The van der Waals surface area contributed by atoms with Crippen LogP contribution in [0.2, 0.25) is 0 Å². The van der Waals surface area contributed by atoms with Gasteiger partial charge in [0.15, 0.2) is 6.10 Å². The molecular formula is C20H29NO5. The Kier molecular flexibility index (Phi) is 6.64. The molecule has 6 heteroatoms. The summed E-state index contributed by atoms with van der Waals surface area (Å²) >= 11 is 0. The van der Waals surface area contributed by atoms with Crippen LogP contribution in [-0.2, 0) is 14.3 Å². The number of aryl methyl sites for hydroxylation is 1. The highest BCUT2D eigenvalue weighted by Gasteiger charge is 2.38. The number of methoxy groups -OCH3 is 1. The van der Waals surface area contributed by atoms with Crippen LogP contribution in [0.4, 0.5) is 0 Å². The monoisotopic (exact) mass is 363 g/mol. The third-order valence-electron chi connectivity index (χ3n) is 4.93. The molecule has 144 valence electrons. The Bertz CT molecular complexity index is 658. The van der Waals surface area contributed by atoms with Crippen molar-refractivity contribution in [3.8, 4) is 5.75 Å². The van der Waals surface area contributed by atoms with Gasteiger partial charge in [0.2, 0.25) is 0 Å². The molecule has 1 saturated heterocycles. The van der Waals surface area contributed by atoms with Crippen molar-refractivity contribution in [1.82, 2.24) is 4.90 Å². The van der Waals surface area contributed by atoms with Crippen molar-refractivity contribution in [2.24, 2.45) is 0 Å². The average molecular weight is 363 g/mol. The number of amides is 1. The molecule has 1 amide bonds. The molecule has 3 unspecified atom stereocenters. The van der Waals surface area contributed by atoms with Gasteiger partial charge in [-0.1, -0.05) is 26.0 Å². The van der Waals surface area contributed by atoms with Crippen LogP contribution in [0.5, 0.6) is 5.75 Å². The molecule has 0 aromatic heterocycles. The molecule has 1 N–H and O–H groups in total. The van der Waals surface area contributed by atoms with Gasteiger partial charge in [-0.15, -0.1) is 0 Å². The maximum atomic E-state index is 12.9. The van der Waals surface area contributed by atoms with E-state index >= 15 is 0 Å². The SMILES string of the molecule is COC1CC(CC(=O)O)N(C(=O)C(C)Oc2cc(C(C)C)ccc2C)C1. The highest BCUT2D eigenvalue weighted by molar-refractivity contribution is 5.82. The maximum Gasteiger partial charge on any atom is 0.305 e. The van der Waals surface area contributed by atoms with Crippen LogP contribution in [0, 0.1) is 6.92 Å². The van der Waals surface area contributed by atoms with Crippen molar-refractivity contribution in [3.05, 3.63) is 29.3 Å². The third kappa shape index (κ3) is 4.75. The molecule has 1 aromatic rings. The summed E-state index contributed by atoms with van der Waals surface area (Å²) in [5, 5.41) is 9.12. The number of rotatable bonds is 7. The fourth-order valence-electron chi connectivity index (χ4n) is 3.29. The quantitative estimate of drug-likeness (QED) is 0.806. The minimum atomic E-state index is -0.918. The molecule has 0 saturated carbocycles. The van der Waals surface area contributed by atoms with E-state index in [2.05, 4.69) is 19.9 Å². The van der Waals surface area contributed by atoms with E-state index in [1.165, 1.54) is 0 Å². The number of carbonyl (C=O) groups excluding carboxylic acids is 1. The molecule has 1 fully saturated rings. The number of nitrogens with zero attached hydrogens (tertiary/aromatic N) is 1. The predicted molar refractivity (Wildman–Crippen MR) is 98.5 cm³/mol. The van der Waals surface area contributed by atoms with Crippen LogP contribution in [0.15, 0.2) is 18.2 Å². The minimum Gasteiger partial charge on any atom is -0.481 e. The van der Waals surface area contributed by atoms with E-state index in [1.54, 1.807) is 18.9 Å². The van der Waals surface area contributed by atoms with Crippen LogP contribution < -0.4 is 4.74 Å². The van der Waals surface area contributed by atoms with Crippen molar-refractivity contribution >= 4 is 11.9 Å². The molecule has 0 spiro atoms. The fraction of sp³-hybridized carbons (Fsp3) is 0.600. The van der Waals surface area contributed by atoms with E-state index in [0.717, 1.165) is 11.1 Å². The van der Waals surface area contributed by atoms with Gasteiger partial charge in [-0.3, -0.25) is 9.59 Å². The van der Waals surface area contributed by atoms with Gasteiger partial charge >= 0.3 is 5.97 Å². The van der Waals surface area contributed by atoms with Crippen LogP contribution in [0.25, 0.3) is 0 Å². The third-order valence-corrected chi connectivity index (χ3v) is 4.93. The smallest absolute Gasteiger partial charge is 0.305 e. The van der Waals surface area contributed by atoms with Gasteiger partial charge in [0.25, 0.3) is 5.91 Å². The van der Waals surface area contributed by atoms with Crippen LogP contribution in [-0.4, -0.2) is 53.8 Å². The summed E-state index contributed by atoms with van der Waals surface area (Å²) in [4.78, 5) is 25.6. The first-order valence-electron chi connectivity index (χ1n) is 9.05. The highest BCUT2D eigenvalue weighted by Crippen LogP contribution is 2.27. The van der Waals surface area contributed by atoms with Gasteiger partial charge in [0.05, 0.1) is 12.5 Å². The molecule has 1 aromatic carbocycles. The van der Waals surface area contributed by atoms with Crippen LogP contribution in [0.3, 0.4) is 0 Å². The van der Waals surface area contributed by atoms with Crippen molar-refractivity contribution in [3.63, 3.8) is 0 Å². The first-order valence-corrected chi connectivity index (χ1v) is 9.05. The van der Waals surface area contributed by atoms with E-state index in [1.807, 2.05) is 19.1 Å². The zero-order valence-corrected chi connectivity index (χ0v) is 16.2. The van der Waals surface area contributed by atoms with Gasteiger partial charge in [-0.25, -0.2) is 0 Å². The topological polar surface area (TPSA) is 76.1 Å². The lowest BCUT2D eigenvalue weighted by Crippen LogP contribution is -2.44. The number of aliphatic carboxylic acids is 1. The summed E-state index contributed by atoms with van der Waals surface area (Å²) in [5.41, 5.74) is 2.11. The van der Waals surface area contributed by atoms with Crippen molar-refractivity contribution < 1.29 is 24.2 Å². The lowest BCUT2D eigenvalue weighted by molar-refractivity contribution is -0.142. The Morgan fingerprint density at radius 2 is 2.00 bits per heavy atom. The Morgan fingerprint density at radius 3 is 2.58 bits per heavy atom. The predicted octanol–water partition coefficient (Wildman–Crippen LogP) is 2.98.